The molecule has 0 unspecified atom stereocenters. The summed E-state index contributed by atoms with van der Waals surface area (Å²) in [6.07, 6.45) is 4.26. The summed E-state index contributed by atoms with van der Waals surface area (Å²) < 4.78 is 33.1. The molecule has 7 heteroatoms. The predicted octanol–water partition coefficient (Wildman–Crippen LogP) is 3.99. The quantitative estimate of drug-likeness (QED) is 0.629. The lowest BCUT2D eigenvalue weighted by molar-refractivity contribution is 0.0668. The van der Waals surface area contributed by atoms with Gasteiger partial charge in [0.05, 0.1) is 22.9 Å². The van der Waals surface area contributed by atoms with Gasteiger partial charge in [0.25, 0.3) is 5.56 Å². The molecule has 2 aromatic carbocycles. The van der Waals surface area contributed by atoms with E-state index in [1.165, 1.54) is 4.57 Å². The molecule has 3 aromatic rings. The third-order valence-corrected chi connectivity index (χ3v) is 7.99. The highest BCUT2D eigenvalue weighted by atomic mass is 32.2. The Balaban J connectivity index is 1.93. The summed E-state index contributed by atoms with van der Waals surface area (Å²) >= 11 is 0. The molecular weight excluding hydrogens is 426 g/mol. The second kappa shape index (κ2) is 8.71. The number of hydrogen-bond donors (Lipinski definition) is 1. The maximum atomic E-state index is 12.7. The summed E-state index contributed by atoms with van der Waals surface area (Å²) in [5.74, 6) is 0.586. The molecule has 170 valence electrons. The number of aliphatic hydroxyl groups is 1. The fraction of sp³-hybridized carbons (Fsp3) is 0.400. The van der Waals surface area contributed by atoms with Crippen LogP contribution in [0, 0.1) is 6.92 Å². The van der Waals surface area contributed by atoms with Crippen molar-refractivity contribution in [1.82, 2.24) is 4.57 Å². The number of benzene rings is 2. The van der Waals surface area contributed by atoms with E-state index >= 15 is 0 Å². The number of fused-ring (bicyclic) bond motifs is 1. The van der Waals surface area contributed by atoms with Crippen molar-refractivity contribution in [3.05, 3.63) is 58.5 Å². The first-order chi connectivity index (χ1) is 15.2. The van der Waals surface area contributed by atoms with Gasteiger partial charge < -0.3 is 14.4 Å². The first kappa shape index (κ1) is 22.6. The number of rotatable bonds is 5. The van der Waals surface area contributed by atoms with Gasteiger partial charge in [-0.15, -0.1) is 0 Å². The van der Waals surface area contributed by atoms with E-state index in [1.54, 1.807) is 38.4 Å². The van der Waals surface area contributed by atoms with E-state index in [1.807, 2.05) is 25.1 Å². The van der Waals surface area contributed by atoms with E-state index in [4.69, 9.17) is 4.74 Å². The fourth-order valence-electron chi connectivity index (χ4n) is 4.32. The number of pyridine rings is 1. The van der Waals surface area contributed by atoms with Crippen LogP contribution in [0.4, 0.5) is 0 Å². The molecule has 4 rings (SSSR count). The van der Waals surface area contributed by atoms with Crippen LogP contribution in [0.25, 0.3) is 21.9 Å². The zero-order valence-corrected chi connectivity index (χ0v) is 19.5. The SMILES string of the molecule is CCS(=O)(=O)c1ccc(OC2CCC(O)CC2)c(-c2cn(C)c(=O)c3ccc(C)cc23)c1. The largest absolute Gasteiger partial charge is 0.490 e. The molecule has 0 spiro atoms. The number of nitrogens with zero attached hydrogens (tertiary/aromatic N) is 1. The molecule has 0 atom stereocenters. The van der Waals surface area contributed by atoms with E-state index in [0.29, 0.717) is 29.5 Å². The zero-order valence-electron chi connectivity index (χ0n) is 18.7. The van der Waals surface area contributed by atoms with E-state index in [-0.39, 0.29) is 28.4 Å². The first-order valence-corrected chi connectivity index (χ1v) is 12.7. The van der Waals surface area contributed by atoms with Gasteiger partial charge in [-0.3, -0.25) is 4.79 Å². The van der Waals surface area contributed by atoms with Gasteiger partial charge in [0.15, 0.2) is 9.84 Å². The maximum absolute atomic E-state index is 12.7. The maximum Gasteiger partial charge on any atom is 0.258 e. The lowest BCUT2D eigenvalue weighted by atomic mass is 9.94. The molecule has 1 aliphatic rings. The van der Waals surface area contributed by atoms with Gasteiger partial charge in [-0.25, -0.2) is 8.42 Å². The van der Waals surface area contributed by atoms with Crippen molar-refractivity contribution in [2.75, 3.05) is 5.75 Å². The van der Waals surface area contributed by atoms with Crippen LogP contribution in [0.3, 0.4) is 0 Å². The number of hydrogen-bond acceptors (Lipinski definition) is 5. The molecule has 0 saturated heterocycles. The average Bonchev–Trinajstić information content (AvgIpc) is 2.78. The normalized spacial score (nSPS) is 19.2. The Morgan fingerprint density at radius 3 is 2.44 bits per heavy atom. The highest BCUT2D eigenvalue weighted by molar-refractivity contribution is 7.91. The van der Waals surface area contributed by atoms with Gasteiger partial charge in [0.2, 0.25) is 0 Å². The molecule has 32 heavy (non-hydrogen) atoms. The summed E-state index contributed by atoms with van der Waals surface area (Å²) in [5.41, 5.74) is 2.31. The first-order valence-electron chi connectivity index (χ1n) is 11.0. The molecule has 1 N–H and O–H groups in total. The van der Waals surface area contributed by atoms with Crippen LogP contribution in [0.5, 0.6) is 5.75 Å². The van der Waals surface area contributed by atoms with Crippen LogP contribution in [0.15, 0.2) is 52.3 Å². The molecule has 0 radical (unpaired) electrons. The van der Waals surface area contributed by atoms with Crippen LogP contribution >= 0.6 is 0 Å². The minimum atomic E-state index is -3.42. The second-order valence-corrected chi connectivity index (χ2v) is 10.9. The third kappa shape index (κ3) is 4.32. The van der Waals surface area contributed by atoms with Crippen molar-refractivity contribution in [3.8, 4) is 16.9 Å². The van der Waals surface area contributed by atoms with Crippen molar-refractivity contribution in [2.45, 2.75) is 56.6 Å². The Hall–Kier alpha value is -2.64. The number of ether oxygens (including phenoxy) is 1. The van der Waals surface area contributed by atoms with E-state index in [0.717, 1.165) is 29.4 Å². The monoisotopic (exact) mass is 455 g/mol. The Morgan fingerprint density at radius 2 is 1.75 bits per heavy atom. The average molecular weight is 456 g/mol. The number of aryl methyl sites for hydroxylation is 2. The molecule has 0 bridgehead atoms. The van der Waals surface area contributed by atoms with Crippen molar-refractivity contribution in [2.24, 2.45) is 7.05 Å². The Kier molecular flexibility index (Phi) is 6.14. The highest BCUT2D eigenvalue weighted by Crippen LogP contribution is 2.38. The lowest BCUT2D eigenvalue weighted by Crippen LogP contribution is -2.26. The van der Waals surface area contributed by atoms with Gasteiger partial charge in [0, 0.05) is 29.8 Å². The smallest absolute Gasteiger partial charge is 0.258 e. The van der Waals surface area contributed by atoms with Crippen LogP contribution in [0.1, 0.15) is 38.2 Å². The molecule has 1 fully saturated rings. The van der Waals surface area contributed by atoms with Crippen LogP contribution in [0.2, 0.25) is 0 Å². The fourth-order valence-corrected chi connectivity index (χ4v) is 5.23. The van der Waals surface area contributed by atoms with Crippen molar-refractivity contribution < 1.29 is 18.3 Å². The molecule has 1 saturated carbocycles. The Labute approximate surface area is 188 Å². The molecule has 0 aliphatic heterocycles. The minimum Gasteiger partial charge on any atom is -0.490 e. The molecule has 1 aliphatic carbocycles. The lowest BCUT2D eigenvalue weighted by Gasteiger charge is -2.27. The van der Waals surface area contributed by atoms with E-state index in [2.05, 4.69) is 0 Å². The van der Waals surface area contributed by atoms with Gasteiger partial charge in [-0.2, -0.15) is 0 Å². The summed E-state index contributed by atoms with van der Waals surface area (Å²) in [6, 6.07) is 10.6. The van der Waals surface area contributed by atoms with E-state index < -0.39 is 9.84 Å². The minimum absolute atomic E-state index is 0.000286. The van der Waals surface area contributed by atoms with Crippen LogP contribution in [-0.4, -0.2) is 36.1 Å². The third-order valence-electron chi connectivity index (χ3n) is 6.26. The van der Waals surface area contributed by atoms with Gasteiger partial charge >= 0.3 is 0 Å². The van der Waals surface area contributed by atoms with Gasteiger partial charge in [0.1, 0.15) is 5.75 Å². The van der Waals surface area contributed by atoms with Crippen molar-refractivity contribution in [1.29, 1.82) is 0 Å². The van der Waals surface area contributed by atoms with Gasteiger partial charge in [-0.05, 0) is 62.3 Å². The Morgan fingerprint density at radius 1 is 1.03 bits per heavy atom. The van der Waals surface area contributed by atoms with Crippen molar-refractivity contribution in [3.63, 3.8) is 0 Å². The molecule has 6 nitrogen and oxygen atoms in total. The molecule has 0 amide bonds. The molecule has 1 aromatic heterocycles. The van der Waals surface area contributed by atoms with E-state index in [9.17, 15) is 18.3 Å². The topological polar surface area (TPSA) is 85.6 Å². The second-order valence-electron chi connectivity index (χ2n) is 8.62. The Bertz CT molecular complexity index is 1320. The van der Waals surface area contributed by atoms with Crippen molar-refractivity contribution >= 4 is 20.6 Å². The standard InChI is InChI=1S/C25H29NO5S/c1-4-32(29,30)19-10-12-24(31-18-8-6-17(27)7-9-18)22(14-19)23-15-26(3)25(28)20-11-5-16(2)13-21(20)23/h5,10-15,17-18,27H,4,6-9H2,1-3H3. The number of aromatic nitrogens is 1. The number of aliphatic hydroxyl groups excluding tert-OH is 1. The predicted molar refractivity (Wildman–Crippen MR) is 126 cm³/mol. The summed E-state index contributed by atoms with van der Waals surface area (Å²) in [5, 5.41) is 11.2. The van der Waals surface area contributed by atoms with Crippen LogP contribution < -0.4 is 10.3 Å². The molecular formula is C25H29NO5S. The zero-order chi connectivity index (χ0) is 23.0. The number of sulfone groups is 1. The molecule has 1 heterocycles. The van der Waals surface area contributed by atoms with Crippen LogP contribution in [-0.2, 0) is 16.9 Å². The summed E-state index contributed by atoms with van der Waals surface area (Å²) in [7, 11) is -1.73. The summed E-state index contributed by atoms with van der Waals surface area (Å²) in [4.78, 5) is 13.0. The summed E-state index contributed by atoms with van der Waals surface area (Å²) in [6.45, 7) is 3.58. The van der Waals surface area contributed by atoms with Gasteiger partial charge in [-0.1, -0.05) is 24.6 Å². The highest BCUT2D eigenvalue weighted by Gasteiger charge is 2.24.